The maximum Gasteiger partial charge on any atom is 0.146 e. The van der Waals surface area contributed by atoms with E-state index in [4.69, 9.17) is 0 Å². The minimum atomic E-state index is -0.119. The molecule has 0 heterocycles. The van der Waals surface area contributed by atoms with Crippen LogP contribution in [0.4, 0.5) is 10.1 Å². The van der Waals surface area contributed by atoms with Gasteiger partial charge in [0.15, 0.2) is 0 Å². The smallest absolute Gasteiger partial charge is 0.146 e. The van der Waals surface area contributed by atoms with Gasteiger partial charge in [-0.15, -0.1) is 0 Å². The van der Waals surface area contributed by atoms with Crippen molar-refractivity contribution >= 4 is 21.6 Å². The minimum absolute atomic E-state index is 0.119. The molecule has 2 nitrogen and oxygen atoms in total. The van der Waals surface area contributed by atoms with Crippen LogP contribution in [0.3, 0.4) is 0 Å². The third-order valence-corrected chi connectivity index (χ3v) is 4.33. The van der Waals surface area contributed by atoms with Gasteiger partial charge in [0.25, 0.3) is 0 Å². The van der Waals surface area contributed by atoms with E-state index >= 15 is 0 Å². The SMILES string of the molecule is CCN(CC)CCCN(CC)c1ccc(CBr)cc1F. The lowest BCUT2D eigenvalue weighted by Crippen LogP contribution is -2.30. The lowest BCUT2D eigenvalue weighted by molar-refractivity contribution is 0.300. The molecule has 1 aromatic rings. The van der Waals surface area contributed by atoms with Crippen molar-refractivity contribution in [1.29, 1.82) is 0 Å². The number of nitrogens with zero attached hydrogens (tertiary/aromatic N) is 2. The molecule has 1 aromatic carbocycles. The zero-order chi connectivity index (χ0) is 15.0. The first-order valence-electron chi connectivity index (χ1n) is 7.47. The van der Waals surface area contributed by atoms with Gasteiger partial charge in [-0.3, -0.25) is 0 Å². The van der Waals surface area contributed by atoms with E-state index in [1.165, 1.54) is 0 Å². The fourth-order valence-corrected chi connectivity index (χ4v) is 2.71. The molecular weight excluding hydrogens is 319 g/mol. The fraction of sp³-hybridized carbons (Fsp3) is 0.625. The lowest BCUT2D eigenvalue weighted by atomic mass is 10.2. The Morgan fingerprint density at radius 2 is 1.75 bits per heavy atom. The average Bonchev–Trinajstić information content (AvgIpc) is 2.48. The summed E-state index contributed by atoms with van der Waals surface area (Å²) in [7, 11) is 0. The van der Waals surface area contributed by atoms with Crippen LogP contribution < -0.4 is 4.90 Å². The van der Waals surface area contributed by atoms with Gasteiger partial charge in [0, 0.05) is 18.4 Å². The van der Waals surface area contributed by atoms with E-state index in [-0.39, 0.29) is 5.82 Å². The number of alkyl halides is 1. The van der Waals surface area contributed by atoms with E-state index < -0.39 is 0 Å². The Hall–Kier alpha value is -0.610. The Bertz CT molecular complexity index is 394. The first-order valence-corrected chi connectivity index (χ1v) is 8.60. The van der Waals surface area contributed by atoms with Gasteiger partial charge in [-0.2, -0.15) is 0 Å². The standard InChI is InChI=1S/C16H26BrFN2/c1-4-19(5-2)10-7-11-20(6-3)16-9-8-14(13-17)12-15(16)18/h8-9,12H,4-7,10-11,13H2,1-3H3. The summed E-state index contributed by atoms with van der Waals surface area (Å²) in [6.07, 6.45) is 1.06. The average molecular weight is 345 g/mol. The molecule has 0 saturated carbocycles. The Labute approximate surface area is 131 Å². The van der Waals surface area contributed by atoms with Crippen molar-refractivity contribution < 1.29 is 4.39 Å². The van der Waals surface area contributed by atoms with Crippen molar-refractivity contribution in [3.05, 3.63) is 29.6 Å². The van der Waals surface area contributed by atoms with Crippen molar-refractivity contribution in [2.45, 2.75) is 32.5 Å². The Kier molecular flexibility index (Phi) is 8.15. The van der Waals surface area contributed by atoms with Crippen molar-refractivity contribution in [3.8, 4) is 0 Å². The predicted octanol–water partition coefficient (Wildman–Crippen LogP) is 4.28. The van der Waals surface area contributed by atoms with Gasteiger partial charge in [-0.25, -0.2) is 4.39 Å². The largest absolute Gasteiger partial charge is 0.369 e. The minimum Gasteiger partial charge on any atom is -0.369 e. The van der Waals surface area contributed by atoms with Gasteiger partial charge in [-0.05, 0) is 50.7 Å². The molecular formula is C16H26BrFN2. The molecule has 4 heteroatoms. The summed E-state index contributed by atoms with van der Waals surface area (Å²) in [5, 5.41) is 0.693. The third-order valence-electron chi connectivity index (χ3n) is 3.69. The van der Waals surface area contributed by atoms with E-state index in [1.807, 2.05) is 12.1 Å². The normalized spacial score (nSPS) is 11.1. The maximum absolute atomic E-state index is 14.1. The number of halogens is 2. The Morgan fingerprint density at radius 3 is 2.25 bits per heavy atom. The summed E-state index contributed by atoms with van der Waals surface area (Å²) in [6, 6.07) is 5.50. The highest BCUT2D eigenvalue weighted by Crippen LogP contribution is 2.21. The molecule has 0 unspecified atom stereocenters. The molecule has 0 bridgehead atoms. The van der Waals surface area contributed by atoms with E-state index in [0.29, 0.717) is 5.33 Å². The molecule has 0 saturated heterocycles. The molecule has 0 atom stereocenters. The van der Waals surface area contributed by atoms with Crippen LogP contribution in [0.15, 0.2) is 18.2 Å². The third kappa shape index (κ3) is 5.06. The first-order chi connectivity index (χ1) is 9.65. The van der Waals surface area contributed by atoms with Crippen molar-refractivity contribution in [2.24, 2.45) is 0 Å². The molecule has 0 aliphatic carbocycles. The summed E-state index contributed by atoms with van der Waals surface area (Å²) in [4.78, 5) is 4.52. The molecule has 114 valence electrons. The van der Waals surface area contributed by atoms with Crippen molar-refractivity contribution in [2.75, 3.05) is 37.6 Å². The molecule has 20 heavy (non-hydrogen) atoms. The van der Waals surface area contributed by atoms with Crippen LogP contribution in [0.5, 0.6) is 0 Å². The number of benzene rings is 1. The van der Waals surface area contributed by atoms with Crippen molar-refractivity contribution in [3.63, 3.8) is 0 Å². The van der Waals surface area contributed by atoms with E-state index in [1.54, 1.807) is 6.07 Å². The molecule has 0 spiro atoms. The van der Waals surface area contributed by atoms with E-state index in [2.05, 4.69) is 46.5 Å². The summed E-state index contributed by atoms with van der Waals surface area (Å²) >= 11 is 3.36. The zero-order valence-electron chi connectivity index (χ0n) is 12.8. The molecule has 0 aromatic heterocycles. The monoisotopic (exact) mass is 344 g/mol. The number of rotatable bonds is 9. The molecule has 1 rings (SSSR count). The maximum atomic E-state index is 14.1. The molecule has 0 aliphatic heterocycles. The lowest BCUT2D eigenvalue weighted by Gasteiger charge is -2.26. The van der Waals surface area contributed by atoms with Gasteiger partial charge in [0.1, 0.15) is 5.82 Å². The zero-order valence-corrected chi connectivity index (χ0v) is 14.4. The predicted molar refractivity (Wildman–Crippen MR) is 89.3 cm³/mol. The van der Waals surface area contributed by atoms with Crippen LogP contribution in [0.2, 0.25) is 0 Å². The Morgan fingerprint density at radius 1 is 1.05 bits per heavy atom. The Balaban J connectivity index is 2.62. The highest BCUT2D eigenvalue weighted by molar-refractivity contribution is 9.08. The van der Waals surface area contributed by atoms with Crippen molar-refractivity contribution in [1.82, 2.24) is 4.90 Å². The number of hydrogen-bond donors (Lipinski definition) is 0. The van der Waals surface area contributed by atoms with E-state index in [9.17, 15) is 4.39 Å². The summed E-state index contributed by atoms with van der Waals surface area (Å²) in [5.41, 5.74) is 1.70. The molecule has 0 N–H and O–H groups in total. The second-order valence-electron chi connectivity index (χ2n) is 4.88. The molecule has 0 radical (unpaired) electrons. The van der Waals surface area contributed by atoms with Crippen LogP contribution in [-0.2, 0) is 5.33 Å². The second-order valence-corrected chi connectivity index (χ2v) is 5.44. The molecule has 0 aliphatic rings. The summed E-state index contributed by atoms with van der Waals surface area (Å²) in [6.45, 7) is 11.4. The first kappa shape index (κ1) is 17.4. The summed E-state index contributed by atoms with van der Waals surface area (Å²) in [5.74, 6) is -0.119. The number of anilines is 1. The quantitative estimate of drug-likeness (QED) is 0.617. The highest BCUT2D eigenvalue weighted by atomic mass is 79.9. The highest BCUT2D eigenvalue weighted by Gasteiger charge is 2.11. The van der Waals surface area contributed by atoms with E-state index in [0.717, 1.165) is 50.4 Å². The van der Waals surface area contributed by atoms with Gasteiger partial charge in [0.2, 0.25) is 0 Å². The van der Waals surface area contributed by atoms with Crippen LogP contribution >= 0.6 is 15.9 Å². The van der Waals surface area contributed by atoms with Gasteiger partial charge in [-0.1, -0.05) is 35.8 Å². The van der Waals surface area contributed by atoms with Gasteiger partial charge < -0.3 is 9.80 Å². The molecule has 0 amide bonds. The number of hydrogen-bond acceptors (Lipinski definition) is 2. The van der Waals surface area contributed by atoms with Crippen LogP contribution in [-0.4, -0.2) is 37.6 Å². The van der Waals surface area contributed by atoms with Crippen LogP contribution in [0, 0.1) is 5.82 Å². The fourth-order valence-electron chi connectivity index (χ4n) is 2.36. The van der Waals surface area contributed by atoms with Gasteiger partial charge >= 0.3 is 0 Å². The molecule has 0 fully saturated rings. The van der Waals surface area contributed by atoms with Crippen LogP contribution in [0.25, 0.3) is 0 Å². The second kappa shape index (κ2) is 9.35. The van der Waals surface area contributed by atoms with Crippen LogP contribution in [0.1, 0.15) is 32.8 Å². The van der Waals surface area contributed by atoms with Gasteiger partial charge in [0.05, 0.1) is 5.69 Å². The summed E-state index contributed by atoms with van der Waals surface area (Å²) < 4.78 is 14.1. The topological polar surface area (TPSA) is 6.48 Å².